The largest absolute Gasteiger partial charge is 0.468 e. The minimum absolute atomic E-state index is 0.489. The molecule has 0 saturated carbocycles. The summed E-state index contributed by atoms with van der Waals surface area (Å²) in [6.45, 7) is 9.22. The second kappa shape index (κ2) is 6.26. The van der Waals surface area contributed by atoms with Crippen molar-refractivity contribution in [2.45, 2.75) is 50.2 Å². The zero-order valence-electron chi connectivity index (χ0n) is 11.9. The maximum atomic E-state index is 5.31. The lowest BCUT2D eigenvalue weighted by atomic mass is 10.2. The van der Waals surface area contributed by atoms with E-state index in [9.17, 15) is 0 Å². The second-order valence-corrected chi connectivity index (χ2v) is 5.97. The Bertz CT molecular complexity index is 549. The smallest absolute Gasteiger partial charge is 0.114 e. The lowest BCUT2D eigenvalue weighted by molar-refractivity contribution is 0.527. The molecule has 0 spiro atoms. The van der Waals surface area contributed by atoms with E-state index in [2.05, 4.69) is 37.1 Å². The van der Waals surface area contributed by atoms with Gasteiger partial charge in [0.2, 0.25) is 0 Å². The fraction of sp³-hybridized carbons (Fsp3) is 0.400. The van der Waals surface area contributed by atoms with E-state index >= 15 is 0 Å². The van der Waals surface area contributed by atoms with E-state index < -0.39 is 0 Å². The van der Waals surface area contributed by atoms with E-state index in [0.29, 0.717) is 6.04 Å². The highest BCUT2D eigenvalue weighted by molar-refractivity contribution is 7.99. The predicted molar refractivity (Wildman–Crippen MR) is 78.5 cm³/mol. The number of hydrogen-bond donors (Lipinski definition) is 1. The van der Waals surface area contributed by atoms with Gasteiger partial charge >= 0.3 is 0 Å². The molecule has 0 bridgehead atoms. The summed E-state index contributed by atoms with van der Waals surface area (Å²) in [4.78, 5) is 5.68. The second-order valence-electron chi connectivity index (χ2n) is 4.94. The Hall–Kier alpha value is -1.26. The molecule has 0 saturated heterocycles. The van der Waals surface area contributed by atoms with Gasteiger partial charge in [-0.3, -0.25) is 0 Å². The Morgan fingerprint density at radius 1 is 1.37 bits per heavy atom. The molecule has 0 aromatic carbocycles. The van der Waals surface area contributed by atoms with Gasteiger partial charge in [-0.1, -0.05) is 31.7 Å². The lowest BCUT2D eigenvalue weighted by Gasteiger charge is -2.10. The van der Waals surface area contributed by atoms with Crippen LogP contribution in [0.5, 0.6) is 0 Å². The molecule has 4 heteroatoms. The Kier molecular flexibility index (Phi) is 4.66. The molecule has 2 aromatic heterocycles. The molecule has 0 amide bonds. The molecule has 0 aliphatic heterocycles. The molecule has 102 valence electrons. The van der Waals surface area contributed by atoms with Gasteiger partial charge in [0.15, 0.2) is 0 Å². The minimum Gasteiger partial charge on any atom is -0.468 e. The summed E-state index contributed by atoms with van der Waals surface area (Å²) in [6.07, 6.45) is 3.66. The molecule has 2 aromatic rings. The SMILES string of the molecule is Cc1cc(CNC(C)C)cnc1Sc1ccoc1C. The summed E-state index contributed by atoms with van der Waals surface area (Å²) < 4.78 is 5.31. The highest BCUT2D eigenvalue weighted by Crippen LogP contribution is 2.31. The maximum Gasteiger partial charge on any atom is 0.114 e. The number of hydrogen-bond acceptors (Lipinski definition) is 4. The predicted octanol–water partition coefficient (Wildman–Crippen LogP) is 3.94. The van der Waals surface area contributed by atoms with Gasteiger partial charge in [-0.25, -0.2) is 4.98 Å². The summed E-state index contributed by atoms with van der Waals surface area (Å²) in [5, 5.41) is 4.44. The number of aryl methyl sites for hydroxylation is 2. The third kappa shape index (κ3) is 3.85. The van der Waals surface area contributed by atoms with Crippen molar-refractivity contribution in [1.29, 1.82) is 0 Å². The van der Waals surface area contributed by atoms with Crippen LogP contribution in [0.25, 0.3) is 0 Å². The van der Waals surface area contributed by atoms with Gasteiger partial charge in [-0.05, 0) is 31.0 Å². The standard InChI is InChI=1S/C15H20N2OS/c1-10(2)16-8-13-7-11(3)15(17-9-13)19-14-5-6-18-12(14)4/h5-7,9-10,16H,8H2,1-4H3. The van der Waals surface area contributed by atoms with Crippen molar-refractivity contribution in [1.82, 2.24) is 10.3 Å². The first-order chi connectivity index (χ1) is 9.06. The summed E-state index contributed by atoms with van der Waals surface area (Å²) in [5.41, 5.74) is 2.42. The van der Waals surface area contributed by atoms with Gasteiger partial charge in [-0.15, -0.1) is 0 Å². The average Bonchev–Trinajstić information content (AvgIpc) is 2.75. The number of nitrogens with zero attached hydrogens (tertiary/aromatic N) is 1. The molecule has 2 heterocycles. The van der Waals surface area contributed by atoms with Crippen LogP contribution in [0.2, 0.25) is 0 Å². The Balaban J connectivity index is 2.09. The van der Waals surface area contributed by atoms with Crippen LogP contribution in [0, 0.1) is 13.8 Å². The zero-order valence-corrected chi connectivity index (χ0v) is 12.7. The highest BCUT2D eigenvalue weighted by Gasteiger charge is 2.08. The average molecular weight is 276 g/mol. The van der Waals surface area contributed by atoms with Gasteiger partial charge in [0.1, 0.15) is 10.8 Å². The zero-order chi connectivity index (χ0) is 13.8. The molecular formula is C15H20N2OS. The van der Waals surface area contributed by atoms with Crippen molar-refractivity contribution in [3.63, 3.8) is 0 Å². The minimum atomic E-state index is 0.489. The van der Waals surface area contributed by atoms with Gasteiger partial charge in [0, 0.05) is 18.8 Å². The molecule has 3 nitrogen and oxygen atoms in total. The highest BCUT2D eigenvalue weighted by atomic mass is 32.2. The lowest BCUT2D eigenvalue weighted by Crippen LogP contribution is -2.21. The third-order valence-electron chi connectivity index (χ3n) is 2.82. The van der Waals surface area contributed by atoms with Crippen LogP contribution in [-0.4, -0.2) is 11.0 Å². The molecule has 0 radical (unpaired) electrons. The van der Waals surface area contributed by atoms with E-state index in [1.165, 1.54) is 11.1 Å². The topological polar surface area (TPSA) is 38.1 Å². The van der Waals surface area contributed by atoms with Crippen molar-refractivity contribution in [2.24, 2.45) is 0 Å². The Labute approximate surface area is 118 Å². The Morgan fingerprint density at radius 2 is 2.16 bits per heavy atom. The van der Waals surface area contributed by atoms with Crippen LogP contribution in [0.1, 0.15) is 30.7 Å². The number of rotatable bonds is 5. The van der Waals surface area contributed by atoms with Crippen LogP contribution in [0.4, 0.5) is 0 Å². The number of nitrogens with one attached hydrogen (secondary N) is 1. The van der Waals surface area contributed by atoms with Crippen LogP contribution in [0.3, 0.4) is 0 Å². The molecular weight excluding hydrogens is 256 g/mol. The summed E-state index contributed by atoms with van der Waals surface area (Å²) >= 11 is 1.66. The molecule has 19 heavy (non-hydrogen) atoms. The van der Waals surface area contributed by atoms with Gasteiger partial charge < -0.3 is 9.73 Å². The van der Waals surface area contributed by atoms with E-state index in [-0.39, 0.29) is 0 Å². The van der Waals surface area contributed by atoms with E-state index in [1.54, 1.807) is 18.0 Å². The molecule has 0 fully saturated rings. The normalized spacial score (nSPS) is 11.2. The third-order valence-corrected chi connectivity index (χ3v) is 4.08. The number of pyridine rings is 1. The summed E-state index contributed by atoms with van der Waals surface area (Å²) in [6, 6.07) is 4.66. The fourth-order valence-corrected chi connectivity index (χ4v) is 2.58. The first kappa shape index (κ1) is 14.2. The van der Waals surface area contributed by atoms with E-state index in [4.69, 9.17) is 4.42 Å². The quantitative estimate of drug-likeness (QED) is 0.897. The van der Waals surface area contributed by atoms with Crippen molar-refractivity contribution < 1.29 is 4.42 Å². The van der Waals surface area contributed by atoms with Crippen LogP contribution < -0.4 is 5.32 Å². The van der Waals surface area contributed by atoms with Crippen LogP contribution in [0.15, 0.2) is 38.9 Å². The first-order valence-corrected chi connectivity index (χ1v) is 7.28. The van der Waals surface area contributed by atoms with Crippen LogP contribution >= 0.6 is 11.8 Å². The van der Waals surface area contributed by atoms with Crippen LogP contribution in [-0.2, 0) is 6.54 Å². The van der Waals surface area contributed by atoms with Gasteiger partial charge in [-0.2, -0.15) is 0 Å². The van der Waals surface area contributed by atoms with Gasteiger partial charge in [0.25, 0.3) is 0 Å². The van der Waals surface area contributed by atoms with Crippen molar-refractivity contribution in [2.75, 3.05) is 0 Å². The van der Waals surface area contributed by atoms with Crippen molar-refractivity contribution >= 4 is 11.8 Å². The number of furan rings is 1. The molecule has 1 N–H and O–H groups in total. The first-order valence-electron chi connectivity index (χ1n) is 6.47. The molecule has 0 unspecified atom stereocenters. The Morgan fingerprint density at radius 3 is 2.74 bits per heavy atom. The number of aromatic nitrogens is 1. The summed E-state index contributed by atoms with van der Waals surface area (Å²) in [7, 11) is 0. The van der Waals surface area contributed by atoms with E-state index in [1.807, 2.05) is 19.2 Å². The maximum absolute atomic E-state index is 5.31. The molecule has 2 rings (SSSR count). The fourth-order valence-electron chi connectivity index (χ4n) is 1.73. The monoisotopic (exact) mass is 276 g/mol. The van der Waals surface area contributed by atoms with E-state index in [0.717, 1.165) is 22.2 Å². The van der Waals surface area contributed by atoms with Gasteiger partial charge in [0.05, 0.1) is 11.2 Å². The van der Waals surface area contributed by atoms with Crippen molar-refractivity contribution in [3.05, 3.63) is 41.5 Å². The summed E-state index contributed by atoms with van der Waals surface area (Å²) in [5.74, 6) is 0.941. The van der Waals surface area contributed by atoms with Crippen molar-refractivity contribution in [3.8, 4) is 0 Å². The molecule has 0 atom stereocenters. The molecule has 0 aliphatic rings. The molecule has 0 aliphatic carbocycles.